The Morgan fingerprint density at radius 1 is 1.24 bits per heavy atom. The van der Waals surface area contributed by atoms with E-state index in [1.807, 2.05) is 4.90 Å². The number of aromatic amines is 1. The third-order valence-electron chi connectivity index (χ3n) is 6.76. The number of hydrogen-bond donors (Lipinski definition) is 1. The summed E-state index contributed by atoms with van der Waals surface area (Å²) in [7, 11) is 1.59. The fraction of sp³-hybridized carbons (Fsp3) is 0.565. The first-order valence-corrected chi connectivity index (χ1v) is 10.7. The molecule has 29 heavy (non-hydrogen) atoms. The number of fused-ring (bicyclic) bond motifs is 2. The van der Waals surface area contributed by atoms with E-state index < -0.39 is 0 Å². The van der Waals surface area contributed by atoms with E-state index in [-0.39, 0.29) is 18.1 Å². The largest absolute Gasteiger partial charge is 0.375 e. The SMILES string of the molecule is COCC(=O)N1CCc2[nH]cnc2C12CCN(CC[C@@H](C)c1ccccc1)CC2. The number of likely N-dealkylation sites (tertiary alicyclic amines) is 1. The second-order valence-corrected chi connectivity index (χ2v) is 8.43. The van der Waals surface area contributed by atoms with Crippen molar-refractivity contribution < 1.29 is 9.53 Å². The number of H-pyrrole nitrogens is 1. The number of imidazole rings is 1. The van der Waals surface area contributed by atoms with E-state index in [0.29, 0.717) is 5.92 Å². The maximum Gasteiger partial charge on any atom is 0.249 e. The molecule has 4 rings (SSSR count). The van der Waals surface area contributed by atoms with Gasteiger partial charge in [-0.3, -0.25) is 4.79 Å². The molecule has 0 bridgehead atoms. The second-order valence-electron chi connectivity index (χ2n) is 8.43. The van der Waals surface area contributed by atoms with E-state index in [9.17, 15) is 4.79 Å². The normalized spacial score (nSPS) is 19.9. The van der Waals surface area contributed by atoms with Crippen molar-refractivity contribution in [2.24, 2.45) is 0 Å². The van der Waals surface area contributed by atoms with Gasteiger partial charge in [0.05, 0.1) is 17.6 Å². The molecular weight excluding hydrogens is 364 g/mol. The summed E-state index contributed by atoms with van der Waals surface area (Å²) < 4.78 is 5.16. The van der Waals surface area contributed by atoms with Crippen molar-refractivity contribution >= 4 is 5.91 Å². The molecule has 2 aromatic rings. The average Bonchev–Trinajstić information content (AvgIpc) is 3.24. The smallest absolute Gasteiger partial charge is 0.249 e. The monoisotopic (exact) mass is 396 g/mol. The molecule has 3 heterocycles. The minimum Gasteiger partial charge on any atom is -0.375 e. The molecular formula is C23H32N4O2. The molecule has 1 amide bonds. The van der Waals surface area contributed by atoms with Gasteiger partial charge in [-0.1, -0.05) is 37.3 Å². The first kappa shape index (κ1) is 20.1. The van der Waals surface area contributed by atoms with E-state index in [4.69, 9.17) is 4.74 Å². The predicted octanol–water partition coefficient (Wildman–Crippen LogP) is 2.93. The molecule has 6 heteroatoms. The minimum absolute atomic E-state index is 0.0762. The number of carbonyl (C=O) groups is 1. The van der Waals surface area contributed by atoms with Crippen LogP contribution in [-0.4, -0.2) is 65.6 Å². The molecule has 1 saturated heterocycles. The quantitative estimate of drug-likeness (QED) is 0.816. The zero-order chi connectivity index (χ0) is 20.3. The Kier molecular flexibility index (Phi) is 6.01. The first-order valence-electron chi connectivity index (χ1n) is 10.7. The zero-order valence-electron chi connectivity index (χ0n) is 17.6. The Balaban J connectivity index is 1.42. The lowest BCUT2D eigenvalue weighted by Gasteiger charge is -2.50. The number of amides is 1. The Hall–Kier alpha value is -2.18. The average molecular weight is 397 g/mol. The number of hydrogen-bond acceptors (Lipinski definition) is 4. The van der Waals surface area contributed by atoms with Crippen molar-refractivity contribution in [3.63, 3.8) is 0 Å². The molecule has 156 valence electrons. The van der Waals surface area contributed by atoms with Crippen LogP contribution in [0.4, 0.5) is 0 Å². The molecule has 1 aromatic heterocycles. The molecule has 6 nitrogen and oxygen atoms in total. The molecule has 1 atom stereocenters. The maximum atomic E-state index is 12.8. The maximum absolute atomic E-state index is 12.8. The highest BCUT2D eigenvalue weighted by atomic mass is 16.5. The van der Waals surface area contributed by atoms with Crippen molar-refractivity contribution in [2.75, 3.05) is 39.9 Å². The van der Waals surface area contributed by atoms with Crippen molar-refractivity contribution in [1.82, 2.24) is 19.8 Å². The van der Waals surface area contributed by atoms with Crippen LogP contribution in [0, 0.1) is 0 Å². The van der Waals surface area contributed by atoms with E-state index in [1.54, 1.807) is 13.4 Å². The number of methoxy groups -OCH3 is 1. The molecule has 0 unspecified atom stereocenters. The molecule has 1 N–H and O–H groups in total. The van der Waals surface area contributed by atoms with Gasteiger partial charge < -0.3 is 19.5 Å². The third-order valence-corrected chi connectivity index (χ3v) is 6.76. The van der Waals surface area contributed by atoms with E-state index in [1.165, 1.54) is 11.3 Å². The van der Waals surface area contributed by atoms with Crippen LogP contribution in [0.1, 0.15) is 49.1 Å². The molecule has 2 aliphatic heterocycles. The molecule has 1 fully saturated rings. The number of nitrogens with one attached hydrogen (secondary N) is 1. The van der Waals surface area contributed by atoms with Gasteiger partial charge in [0.15, 0.2) is 0 Å². The number of rotatable bonds is 6. The van der Waals surface area contributed by atoms with Crippen molar-refractivity contribution in [2.45, 2.75) is 44.1 Å². The number of piperidine rings is 1. The van der Waals surface area contributed by atoms with E-state index in [2.05, 4.69) is 52.1 Å². The summed E-state index contributed by atoms with van der Waals surface area (Å²) in [6.07, 6.45) is 5.63. The van der Waals surface area contributed by atoms with E-state index >= 15 is 0 Å². The van der Waals surface area contributed by atoms with E-state index in [0.717, 1.165) is 57.6 Å². The highest BCUT2D eigenvalue weighted by Crippen LogP contribution is 2.42. The molecule has 1 spiro atoms. The second kappa shape index (κ2) is 8.67. The lowest BCUT2D eigenvalue weighted by molar-refractivity contribution is -0.146. The van der Waals surface area contributed by atoms with Gasteiger partial charge >= 0.3 is 0 Å². The summed E-state index contributed by atoms with van der Waals surface area (Å²) >= 11 is 0. The van der Waals surface area contributed by atoms with Crippen LogP contribution in [0.15, 0.2) is 36.7 Å². The molecule has 0 radical (unpaired) electrons. The standard InChI is InChI=1S/C23H32N4O2/c1-18(19-6-4-3-5-7-19)8-12-26-14-10-23(11-15-26)22-20(24-17-25-22)9-13-27(23)21(28)16-29-2/h3-7,17-18H,8-16H2,1-2H3,(H,24,25)/t18-/m1/s1. The van der Waals surface area contributed by atoms with Gasteiger partial charge in [-0.15, -0.1) is 0 Å². The summed E-state index contributed by atoms with van der Waals surface area (Å²) in [6, 6.07) is 10.7. The summed E-state index contributed by atoms with van der Waals surface area (Å²) in [5.41, 5.74) is 3.39. The Labute approximate surface area is 173 Å². The van der Waals surface area contributed by atoms with Crippen molar-refractivity contribution in [3.8, 4) is 0 Å². The Morgan fingerprint density at radius 3 is 2.72 bits per heavy atom. The van der Waals surface area contributed by atoms with Gasteiger partial charge in [0.25, 0.3) is 0 Å². The van der Waals surface area contributed by atoms with Crippen molar-refractivity contribution in [1.29, 1.82) is 0 Å². The van der Waals surface area contributed by atoms with Crippen LogP contribution in [0.25, 0.3) is 0 Å². The van der Waals surface area contributed by atoms with Crippen molar-refractivity contribution in [3.05, 3.63) is 53.6 Å². The molecule has 0 aliphatic carbocycles. The van der Waals surface area contributed by atoms with Gasteiger partial charge in [-0.25, -0.2) is 4.98 Å². The topological polar surface area (TPSA) is 61.5 Å². The summed E-state index contributed by atoms with van der Waals surface area (Å²) in [6.45, 7) is 6.26. The number of ether oxygens (including phenoxy) is 1. The number of nitrogens with zero attached hydrogens (tertiary/aromatic N) is 3. The van der Waals surface area contributed by atoms with Gasteiger partial charge in [0, 0.05) is 38.9 Å². The third kappa shape index (κ3) is 3.96. The van der Waals surface area contributed by atoms with Crippen LogP contribution < -0.4 is 0 Å². The molecule has 0 saturated carbocycles. The fourth-order valence-electron chi connectivity index (χ4n) is 5.02. The lowest BCUT2D eigenvalue weighted by atomic mass is 9.78. The molecule has 2 aliphatic rings. The summed E-state index contributed by atoms with van der Waals surface area (Å²) in [5, 5.41) is 0. The highest BCUT2D eigenvalue weighted by Gasteiger charge is 2.48. The Morgan fingerprint density at radius 2 is 2.00 bits per heavy atom. The van der Waals surface area contributed by atoms with Crippen LogP contribution in [-0.2, 0) is 21.5 Å². The van der Waals surface area contributed by atoms with Crippen LogP contribution >= 0.6 is 0 Å². The van der Waals surface area contributed by atoms with Gasteiger partial charge in [-0.05, 0) is 37.3 Å². The highest BCUT2D eigenvalue weighted by molar-refractivity contribution is 5.79. The fourth-order valence-corrected chi connectivity index (χ4v) is 5.02. The minimum atomic E-state index is -0.287. The van der Waals surface area contributed by atoms with Gasteiger partial charge in [0.2, 0.25) is 5.91 Å². The first-order chi connectivity index (χ1) is 14.1. The number of aromatic nitrogens is 2. The predicted molar refractivity (Wildman–Crippen MR) is 113 cm³/mol. The van der Waals surface area contributed by atoms with Gasteiger partial charge in [-0.2, -0.15) is 0 Å². The summed E-state index contributed by atoms with van der Waals surface area (Å²) in [5.74, 6) is 0.631. The number of carbonyl (C=O) groups excluding carboxylic acids is 1. The lowest BCUT2D eigenvalue weighted by Crippen LogP contribution is -2.59. The van der Waals surface area contributed by atoms with Crippen LogP contribution in [0.2, 0.25) is 0 Å². The van der Waals surface area contributed by atoms with Crippen LogP contribution in [0.3, 0.4) is 0 Å². The summed E-state index contributed by atoms with van der Waals surface area (Å²) in [4.78, 5) is 25.4. The number of benzene rings is 1. The van der Waals surface area contributed by atoms with Gasteiger partial charge in [0.1, 0.15) is 6.61 Å². The van der Waals surface area contributed by atoms with Crippen LogP contribution in [0.5, 0.6) is 0 Å². The zero-order valence-corrected chi connectivity index (χ0v) is 17.6. The Bertz CT molecular complexity index is 811. The molecule has 1 aromatic carbocycles.